The highest BCUT2D eigenvalue weighted by atomic mass is 32.1. The maximum atomic E-state index is 4.40. The average Bonchev–Trinajstić information content (AvgIpc) is 2.80. The summed E-state index contributed by atoms with van der Waals surface area (Å²) in [5.74, 6) is 0. The molecule has 0 aliphatic heterocycles. The summed E-state index contributed by atoms with van der Waals surface area (Å²) in [7, 11) is 0. The second-order valence-electron chi connectivity index (χ2n) is 3.26. The monoisotopic (exact) mass is 218 g/mol. The summed E-state index contributed by atoms with van der Waals surface area (Å²) in [4.78, 5) is 5.71. The Morgan fingerprint density at radius 2 is 2.27 bits per heavy atom. The van der Waals surface area contributed by atoms with Gasteiger partial charge >= 0.3 is 0 Å². The van der Waals surface area contributed by atoms with Gasteiger partial charge in [-0.25, -0.2) is 0 Å². The summed E-state index contributed by atoms with van der Waals surface area (Å²) in [6.45, 7) is 3.06. The van der Waals surface area contributed by atoms with Crippen LogP contribution in [-0.4, -0.2) is 11.5 Å². The third kappa shape index (κ3) is 2.43. The maximum absolute atomic E-state index is 4.40. The molecule has 2 nitrogen and oxygen atoms in total. The van der Waals surface area contributed by atoms with Gasteiger partial charge in [0.15, 0.2) is 0 Å². The lowest BCUT2D eigenvalue weighted by Gasteiger charge is -2.15. The van der Waals surface area contributed by atoms with E-state index in [0.29, 0.717) is 0 Å². The third-order valence-corrected chi connectivity index (χ3v) is 3.16. The number of thiophene rings is 1. The number of pyridine rings is 1. The number of aromatic nitrogens is 1. The highest BCUT2D eigenvalue weighted by molar-refractivity contribution is 7.10. The summed E-state index contributed by atoms with van der Waals surface area (Å²) < 4.78 is 0. The Morgan fingerprint density at radius 3 is 2.87 bits per heavy atom. The highest BCUT2D eigenvalue weighted by Crippen LogP contribution is 2.24. The lowest BCUT2D eigenvalue weighted by atomic mass is 10.1. The van der Waals surface area contributed by atoms with E-state index in [2.05, 4.69) is 40.8 Å². The predicted octanol–water partition coefficient (Wildman–Crippen LogP) is 2.84. The van der Waals surface area contributed by atoms with Gasteiger partial charge in [-0.05, 0) is 30.1 Å². The van der Waals surface area contributed by atoms with Crippen molar-refractivity contribution in [3.05, 3.63) is 52.5 Å². The molecular formula is C12H14N2S. The molecule has 1 N–H and O–H groups in total. The maximum Gasteiger partial charge on any atom is 0.0844 e. The van der Waals surface area contributed by atoms with Crippen molar-refractivity contribution in [1.29, 1.82) is 0 Å². The van der Waals surface area contributed by atoms with Crippen LogP contribution < -0.4 is 5.32 Å². The van der Waals surface area contributed by atoms with Crippen LogP contribution in [0, 0.1) is 0 Å². The van der Waals surface area contributed by atoms with E-state index in [-0.39, 0.29) is 6.04 Å². The fourth-order valence-corrected chi connectivity index (χ4v) is 2.37. The van der Waals surface area contributed by atoms with Crippen molar-refractivity contribution in [2.24, 2.45) is 0 Å². The average molecular weight is 218 g/mol. The van der Waals surface area contributed by atoms with Crippen LogP contribution >= 0.6 is 11.3 Å². The Morgan fingerprint density at radius 1 is 1.33 bits per heavy atom. The quantitative estimate of drug-likeness (QED) is 0.853. The molecule has 0 amide bonds. The second-order valence-corrected chi connectivity index (χ2v) is 4.24. The molecule has 0 spiro atoms. The van der Waals surface area contributed by atoms with Gasteiger partial charge in [-0.3, -0.25) is 4.98 Å². The largest absolute Gasteiger partial charge is 0.305 e. The Kier molecular flexibility index (Phi) is 3.48. The molecule has 0 aliphatic rings. The van der Waals surface area contributed by atoms with E-state index in [4.69, 9.17) is 0 Å². The predicted molar refractivity (Wildman–Crippen MR) is 64.1 cm³/mol. The van der Waals surface area contributed by atoms with Crippen LogP contribution in [-0.2, 0) is 0 Å². The molecule has 0 saturated heterocycles. The second kappa shape index (κ2) is 5.05. The van der Waals surface area contributed by atoms with E-state index < -0.39 is 0 Å². The van der Waals surface area contributed by atoms with Crippen molar-refractivity contribution in [3.8, 4) is 0 Å². The SMILES string of the molecule is CCNC(c1ccccn1)c1cccs1. The van der Waals surface area contributed by atoms with Gasteiger partial charge in [0.25, 0.3) is 0 Å². The van der Waals surface area contributed by atoms with Gasteiger partial charge in [-0.1, -0.05) is 19.1 Å². The summed E-state index contributed by atoms with van der Waals surface area (Å²) in [5.41, 5.74) is 1.09. The first-order chi connectivity index (χ1) is 7.42. The van der Waals surface area contributed by atoms with Crippen LogP contribution in [0.4, 0.5) is 0 Å². The summed E-state index contributed by atoms with van der Waals surface area (Å²) in [5, 5.41) is 5.55. The Balaban J connectivity index is 2.28. The van der Waals surface area contributed by atoms with Crippen LogP contribution in [0.2, 0.25) is 0 Å². The first kappa shape index (κ1) is 10.3. The normalized spacial score (nSPS) is 12.6. The van der Waals surface area contributed by atoms with Crippen molar-refractivity contribution in [1.82, 2.24) is 10.3 Å². The van der Waals surface area contributed by atoms with Crippen LogP contribution in [0.5, 0.6) is 0 Å². The molecule has 0 aliphatic carbocycles. The highest BCUT2D eigenvalue weighted by Gasteiger charge is 2.14. The molecule has 0 saturated carbocycles. The van der Waals surface area contributed by atoms with E-state index >= 15 is 0 Å². The Hall–Kier alpha value is -1.19. The minimum atomic E-state index is 0.233. The lowest BCUT2D eigenvalue weighted by Crippen LogP contribution is -2.21. The van der Waals surface area contributed by atoms with E-state index in [0.717, 1.165) is 12.2 Å². The molecule has 2 rings (SSSR count). The molecule has 1 atom stereocenters. The number of hydrogen-bond acceptors (Lipinski definition) is 3. The van der Waals surface area contributed by atoms with E-state index in [1.54, 1.807) is 11.3 Å². The molecule has 15 heavy (non-hydrogen) atoms. The fraction of sp³-hybridized carbons (Fsp3) is 0.250. The number of nitrogens with one attached hydrogen (secondary N) is 1. The summed E-state index contributed by atoms with van der Waals surface area (Å²) in [6.07, 6.45) is 1.84. The Labute approximate surface area is 94.0 Å². The molecule has 78 valence electrons. The van der Waals surface area contributed by atoms with Crippen molar-refractivity contribution in [2.75, 3.05) is 6.54 Å². The zero-order valence-electron chi connectivity index (χ0n) is 8.68. The molecule has 0 fully saturated rings. The van der Waals surface area contributed by atoms with Crippen LogP contribution in [0.3, 0.4) is 0 Å². The fourth-order valence-electron chi connectivity index (χ4n) is 1.56. The van der Waals surface area contributed by atoms with Gasteiger partial charge < -0.3 is 5.32 Å². The van der Waals surface area contributed by atoms with Crippen LogP contribution in [0.25, 0.3) is 0 Å². The Bertz CT molecular complexity index is 383. The number of nitrogens with zero attached hydrogens (tertiary/aromatic N) is 1. The molecule has 2 heterocycles. The summed E-state index contributed by atoms with van der Waals surface area (Å²) >= 11 is 1.76. The number of hydrogen-bond donors (Lipinski definition) is 1. The van der Waals surface area contributed by atoms with Crippen molar-refractivity contribution >= 4 is 11.3 Å². The van der Waals surface area contributed by atoms with Gasteiger partial charge in [0.1, 0.15) is 0 Å². The molecular weight excluding hydrogens is 204 g/mol. The van der Waals surface area contributed by atoms with E-state index in [9.17, 15) is 0 Å². The third-order valence-electron chi connectivity index (χ3n) is 2.22. The molecule has 1 unspecified atom stereocenters. The first-order valence-corrected chi connectivity index (χ1v) is 5.97. The zero-order chi connectivity index (χ0) is 10.5. The first-order valence-electron chi connectivity index (χ1n) is 5.09. The van der Waals surface area contributed by atoms with Gasteiger partial charge in [0.05, 0.1) is 11.7 Å². The van der Waals surface area contributed by atoms with Gasteiger partial charge in [-0.15, -0.1) is 11.3 Å². The smallest absolute Gasteiger partial charge is 0.0844 e. The van der Waals surface area contributed by atoms with Crippen LogP contribution in [0.15, 0.2) is 41.9 Å². The molecule has 2 aromatic heterocycles. The molecule has 2 aromatic rings. The molecule has 0 radical (unpaired) electrons. The van der Waals surface area contributed by atoms with E-state index in [1.807, 2.05) is 18.3 Å². The lowest BCUT2D eigenvalue weighted by molar-refractivity contribution is 0.624. The van der Waals surface area contributed by atoms with Crippen molar-refractivity contribution in [2.45, 2.75) is 13.0 Å². The topological polar surface area (TPSA) is 24.9 Å². The van der Waals surface area contributed by atoms with Gasteiger partial charge in [-0.2, -0.15) is 0 Å². The standard InChI is InChI=1S/C12H14N2S/c1-2-13-12(11-7-5-9-15-11)10-6-3-4-8-14-10/h3-9,12-13H,2H2,1H3. The van der Waals surface area contributed by atoms with Gasteiger partial charge in [0.2, 0.25) is 0 Å². The molecule has 3 heteroatoms. The number of rotatable bonds is 4. The van der Waals surface area contributed by atoms with E-state index in [1.165, 1.54) is 4.88 Å². The van der Waals surface area contributed by atoms with Crippen molar-refractivity contribution < 1.29 is 0 Å². The van der Waals surface area contributed by atoms with Gasteiger partial charge in [0, 0.05) is 11.1 Å². The summed E-state index contributed by atoms with van der Waals surface area (Å²) in [6, 6.07) is 10.5. The van der Waals surface area contributed by atoms with Crippen molar-refractivity contribution in [3.63, 3.8) is 0 Å². The minimum absolute atomic E-state index is 0.233. The zero-order valence-corrected chi connectivity index (χ0v) is 9.50. The van der Waals surface area contributed by atoms with Crippen LogP contribution in [0.1, 0.15) is 23.5 Å². The minimum Gasteiger partial charge on any atom is -0.305 e. The molecule has 0 aromatic carbocycles. The molecule has 0 bridgehead atoms.